The summed E-state index contributed by atoms with van der Waals surface area (Å²) in [6.07, 6.45) is 3.47. The van der Waals surface area contributed by atoms with E-state index in [0.717, 1.165) is 17.7 Å². The summed E-state index contributed by atoms with van der Waals surface area (Å²) in [4.78, 5) is 29.2. The topological polar surface area (TPSA) is 103 Å². The van der Waals surface area contributed by atoms with Crippen molar-refractivity contribution in [3.63, 3.8) is 0 Å². The van der Waals surface area contributed by atoms with Gasteiger partial charge in [0.05, 0.1) is 22.9 Å². The summed E-state index contributed by atoms with van der Waals surface area (Å²) in [5.74, 6) is -2.30. The third-order valence-electron chi connectivity index (χ3n) is 5.56. The highest BCUT2D eigenvalue weighted by Gasteiger charge is 2.33. The quantitative estimate of drug-likeness (QED) is 0.418. The number of aryl methyl sites for hydroxylation is 1. The van der Waals surface area contributed by atoms with Crippen molar-refractivity contribution < 1.29 is 22.9 Å². The van der Waals surface area contributed by atoms with Crippen molar-refractivity contribution in [1.29, 1.82) is 0 Å². The number of benzene rings is 1. The van der Waals surface area contributed by atoms with Crippen LogP contribution in [0.15, 0.2) is 59.4 Å². The predicted octanol–water partition coefficient (Wildman–Crippen LogP) is 3.69. The number of hydrogen-bond acceptors (Lipinski definition) is 6. The Morgan fingerprint density at radius 3 is 2.62 bits per heavy atom. The number of Topliss-reactive ketones (excluding diaryl/α,β-unsaturated/α-hetero) is 1. The van der Waals surface area contributed by atoms with Gasteiger partial charge < -0.3 is 9.84 Å². The molecule has 8 nitrogen and oxygen atoms in total. The van der Waals surface area contributed by atoms with Gasteiger partial charge in [-0.1, -0.05) is 11.2 Å². The molecule has 4 rings (SSSR count). The first-order valence-electron chi connectivity index (χ1n) is 10.4. The second-order valence-corrected chi connectivity index (χ2v) is 8.08. The first-order chi connectivity index (χ1) is 16.2. The minimum absolute atomic E-state index is 0.00602. The fourth-order valence-corrected chi connectivity index (χ4v) is 3.53. The van der Waals surface area contributed by atoms with Gasteiger partial charge in [0.15, 0.2) is 17.2 Å². The molecule has 0 radical (unpaired) electrons. The van der Waals surface area contributed by atoms with Crippen molar-refractivity contribution in [3.8, 4) is 11.3 Å². The van der Waals surface area contributed by atoms with Gasteiger partial charge in [0.2, 0.25) is 0 Å². The number of ketones is 1. The molecule has 1 atom stereocenters. The highest BCUT2D eigenvalue weighted by Crippen LogP contribution is 2.30. The van der Waals surface area contributed by atoms with Gasteiger partial charge in [-0.2, -0.15) is 5.10 Å². The van der Waals surface area contributed by atoms with Crippen LogP contribution in [0.25, 0.3) is 11.3 Å². The molecular formula is C24H21F2N5O3. The lowest BCUT2D eigenvalue weighted by molar-refractivity contribution is 0.0936. The lowest BCUT2D eigenvalue weighted by atomic mass is 9.80. The number of hydrogen-bond donors (Lipinski definition) is 1. The van der Waals surface area contributed by atoms with E-state index in [4.69, 9.17) is 4.52 Å². The molecule has 3 aromatic heterocycles. The van der Waals surface area contributed by atoms with E-state index in [0.29, 0.717) is 11.4 Å². The maximum atomic E-state index is 14.1. The number of nitrogens with zero attached hydrogens (tertiary/aromatic N) is 4. The Morgan fingerprint density at radius 1 is 1.15 bits per heavy atom. The molecule has 0 aliphatic carbocycles. The van der Waals surface area contributed by atoms with Crippen LogP contribution in [0.1, 0.15) is 46.1 Å². The van der Waals surface area contributed by atoms with E-state index in [2.05, 4.69) is 20.6 Å². The Morgan fingerprint density at radius 2 is 1.94 bits per heavy atom. The number of carbonyl (C=O) groups is 2. The van der Waals surface area contributed by atoms with E-state index >= 15 is 0 Å². The third kappa shape index (κ3) is 4.47. The lowest BCUT2D eigenvalue weighted by Crippen LogP contribution is -2.40. The molecule has 0 aliphatic heterocycles. The van der Waals surface area contributed by atoms with Crippen molar-refractivity contribution in [1.82, 2.24) is 25.2 Å². The summed E-state index contributed by atoms with van der Waals surface area (Å²) in [5.41, 5.74) is 0.739. The van der Waals surface area contributed by atoms with Crippen molar-refractivity contribution in [2.45, 2.75) is 19.3 Å². The van der Waals surface area contributed by atoms with Gasteiger partial charge in [0.1, 0.15) is 17.3 Å². The Bertz CT molecular complexity index is 1380. The monoisotopic (exact) mass is 465 g/mol. The normalized spacial score (nSPS) is 12.9. The molecule has 0 aliphatic rings. The van der Waals surface area contributed by atoms with Gasteiger partial charge in [-0.25, -0.2) is 13.8 Å². The zero-order chi connectivity index (χ0) is 24.5. The van der Waals surface area contributed by atoms with E-state index in [-0.39, 0.29) is 29.3 Å². The van der Waals surface area contributed by atoms with E-state index in [1.807, 2.05) is 6.92 Å². The Labute approximate surface area is 193 Å². The number of amides is 1. The molecule has 0 spiro atoms. The van der Waals surface area contributed by atoms with Crippen molar-refractivity contribution >= 4 is 11.7 Å². The second-order valence-electron chi connectivity index (χ2n) is 8.08. The fourth-order valence-electron chi connectivity index (χ4n) is 3.53. The molecule has 34 heavy (non-hydrogen) atoms. The van der Waals surface area contributed by atoms with Crippen LogP contribution < -0.4 is 5.32 Å². The summed E-state index contributed by atoms with van der Waals surface area (Å²) in [5, 5.41) is 10.7. The SMILES string of the molecule is CC(=O)c1cccc(C(C)(CNC(=O)c2cc(-c3ccc(F)cc3F)on2)c2cnn(C)c2)n1. The molecule has 10 heteroatoms. The fraction of sp³-hybridized carbons (Fsp3) is 0.208. The molecule has 1 amide bonds. The molecule has 1 N–H and O–H groups in total. The smallest absolute Gasteiger partial charge is 0.273 e. The first kappa shape index (κ1) is 23.0. The number of carbonyl (C=O) groups excluding carboxylic acids is 2. The summed E-state index contributed by atoms with van der Waals surface area (Å²) in [6, 6.07) is 9.43. The van der Waals surface area contributed by atoms with E-state index in [1.165, 1.54) is 19.1 Å². The Kier molecular flexibility index (Phi) is 6.06. The van der Waals surface area contributed by atoms with Gasteiger partial charge in [-0.3, -0.25) is 14.3 Å². The van der Waals surface area contributed by atoms with Crippen LogP contribution in [0, 0.1) is 11.6 Å². The molecule has 1 unspecified atom stereocenters. The zero-order valence-corrected chi connectivity index (χ0v) is 18.7. The molecule has 0 saturated carbocycles. The maximum absolute atomic E-state index is 14.1. The zero-order valence-electron chi connectivity index (χ0n) is 18.7. The van der Waals surface area contributed by atoms with Crippen LogP contribution in [-0.4, -0.2) is 38.2 Å². The van der Waals surface area contributed by atoms with Crippen molar-refractivity contribution in [3.05, 3.63) is 89.1 Å². The molecular weight excluding hydrogens is 444 g/mol. The molecule has 174 valence electrons. The van der Waals surface area contributed by atoms with Crippen LogP contribution in [-0.2, 0) is 12.5 Å². The van der Waals surface area contributed by atoms with Crippen LogP contribution in [0.3, 0.4) is 0 Å². The average molecular weight is 465 g/mol. The van der Waals surface area contributed by atoms with Crippen LogP contribution >= 0.6 is 0 Å². The van der Waals surface area contributed by atoms with Crippen molar-refractivity contribution in [2.24, 2.45) is 7.05 Å². The van der Waals surface area contributed by atoms with Gasteiger partial charge in [-0.05, 0) is 31.2 Å². The molecule has 1 aromatic carbocycles. The molecule has 0 saturated heterocycles. The lowest BCUT2D eigenvalue weighted by Gasteiger charge is -2.28. The summed E-state index contributed by atoms with van der Waals surface area (Å²) >= 11 is 0. The minimum Gasteiger partial charge on any atom is -0.355 e. The highest BCUT2D eigenvalue weighted by atomic mass is 19.1. The summed E-state index contributed by atoms with van der Waals surface area (Å²) in [6.45, 7) is 3.40. The molecule has 0 bridgehead atoms. The highest BCUT2D eigenvalue weighted by molar-refractivity contribution is 5.93. The summed E-state index contributed by atoms with van der Waals surface area (Å²) in [7, 11) is 1.77. The predicted molar refractivity (Wildman–Crippen MR) is 118 cm³/mol. The number of aromatic nitrogens is 4. The Hall–Kier alpha value is -4.21. The Balaban J connectivity index is 1.60. The summed E-state index contributed by atoms with van der Waals surface area (Å²) < 4.78 is 34.0. The minimum atomic E-state index is -0.830. The van der Waals surface area contributed by atoms with Crippen LogP contribution in [0.2, 0.25) is 0 Å². The first-order valence-corrected chi connectivity index (χ1v) is 10.4. The van der Waals surface area contributed by atoms with E-state index < -0.39 is 23.0 Å². The third-order valence-corrected chi connectivity index (χ3v) is 5.56. The van der Waals surface area contributed by atoms with Crippen LogP contribution in [0.4, 0.5) is 8.78 Å². The number of nitrogens with one attached hydrogen (secondary N) is 1. The largest absolute Gasteiger partial charge is 0.355 e. The van der Waals surface area contributed by atoms with Gasteiger partial charge in [-0.15, -0.1) is 0 Å². The molecule has 4 aromatic rings. The van der Waals surface area contributed by atoms with Gasteiger partial charge in [0, 0.05) is 44.4 Å². The van der Waals surface area contributed by atoms with Crippen LogP contribution in [0.5, 0.6) is 0 Å². The maximum Gasteiger partial charge on any atom is 0.273 e. The molecule has 3 heterocycles. The van der Waals surface area contributed by atoms with E-state index in [1.54, 1.807) is 42.3 Å². The van der Waals surface area contributed by atoms with Gasteiger partial charge in [0.25, 0.3) is 5.91 Å². The van der Waals surface area contributed by atoms with E-state index in [9.17, 15) is 18.4 Å². The van der Waals surface area contributed by atoms with Gasteiger partial charge >= 0.3 is 0 Å². The standard InChI is InChI=1S/C24H21F2N5O3/c1-14(32)19-5-4-6-22(29-19)24(2,15-11-28-31(3)12-15)13-27-23(33)20-10-21(34-30-20)17-8-7-16(25)9-18(17)26/h4-12H,13H2,1-3H3,(H,27,33). The number of halogens is 2. The number of pyridine rings is 1. The molecule has 0 fully saturated rings. The average Bonchev–Trinajstić information content (AvgIpc) is 3.47. The second kappa shape index (κ2) is 8.97. The van der Waals surface area contributed by atoms with Crippen molar-refractivity contribution in [2.75, 3.05) is 6.54 Å². The number of rotatable bonds is 7.